The van der Waals surface area contributed by atoms with E-state index in [0.29, 0.717) is 18.4 Å². The van der Waals surface area contributed by atoms with Crippen molar-refractivity contribution in [2.24, 2.45) is 28.6 Å². The van der Waals surface area contributed by atoms with Crippen LogP contribution in [0.3, 0.4) is 0 Å². The summed E-state index contributed by atoms with van der Waals surface area (Å²) in [5.74, 6) is -1.23. The Morgan fingerprint density at radius 2 is 1.81 bits per heavy atom. The van der Waals surface area contributed by atoms with Crippen LogP contribution >= 0.6 is 0 Å². The number of ether oxygens (including phenoxy) is 3. The zero-order valence-corrected chi connectivity index (χ0v) is 20.6. The van der Waals surface area contributed by atoms with Crippen molar-refractivity contribution >= 4 is 5.97 Å². The van der Waals surface area contributed by atoms with Crippen molar-refractivity contribution in [1.82, 2.24) is 0 Å². The van der Waals surface area contributed by atoms with Crippen molar-refractivity contribution in [3.63, 3.8) is 0 Å². The van der Waals surface area contributed by atoms with Gasteiger partial charge in [-0.05, 0) is 36.3 Å². The summed E-state index contributed by atoms with van der Waals surface area (Å²) in [4.78, 5) is 12.2. The molecule has 3 N–H and O–H groups in total. The van der Waals surface area contributed by atoms with Gasteiger partial charge in [0.05, 0.1) is 24.4 Å². The summed E-state index contributed by atoms with van der Waals surface area (Å²) in [5, 5.41) is 35.9. The maximum Gasteiger partial charge on any atom is 0.303 e. The molecule has 3 aliphatic carbocycles. The van der Waals surface area contributed by atoms with Gasteiger partial charge >= 0.3 is 5.97 Å². The zero-order valence-electron chi connectivity index (χ0n) is 20.6. The molecule has 1 saturated heterocycles. The molecule has 0 aromatic carbocycles. The standard InChI is InChI=1S/C25H40O7/c1-12-9-17-24(11-31-17,32-15(4)26)20-14(3)25(29)10-16(30-8)13(2)18(22(25,5)6)19(27)21(28)23(12,20)7/h12,14,16-17,19-21,27-29H,9-11H2,1-8H3/t12-,14-,16-,17+,19-,20-,21-,23+,24-,25+/m0/s1. The second-order valence-electron chi connectivity index (χ2n) is 11.6. The van der Waals surface area contributed by atoms with Crippen LogP contribution in [0.25, 0.3) is 0 Å². The summed E-state index contributed by atoms with van der Waals surface area (Å²) in [5.41, 5.74) is -2.34. The molecule has 1 heterocycles. The van der Waals surface area contributed by atoms with Gasteiger partial charge < -0.3 is 29.5 Å². The maximum atomic E-state index is 12.5. The summed E-state index contributed by atoms with van der Waals surface area (Å²) >= 11 is 0. The van der Waals surface area contributed by atoms with Gasteiger partial charge in [-0.15, -0.1) is 0 Å². The highest BCUT2D eigenvalue weighted by Crippen LogP contribution is 2.67. The van der Waals surface area contributed by atoms with Gasteiger partial charge in [0, 0.05) is 37.2 Å². The van der Waals surface area contributed by atoms with Crippen molar-refractivity contribution in [3.05, 3.63) is 11.1 Å². The van der Waals surface area contributed by atoms with Crippen molar-refractivity contribution in [1.29, 1.82) is 0 Å². The van der Waals surface area contributed by atoms with Crippen LogP contribution in [-0.2, 0) is 19.0 Å². The SMILES string of the molecule is CO[C@H]1C[C@@]2(O)[C@@H](C)[C@@H]3[C@]4(OC(C)=O)CO[C@@H]4C[C@H](C)[C@@]3(C)[C@@H](O)[C@@H](O)C(=C1C)C2(C)C. The predicted octanol–water partition coefficient (Wildman–Crippen LogP) is 2.21. The Bertz CT molecular complexity index is 836. The first-order valence-corrected chi connectivity index (χ1v) is 11.8. The Hall–Kier alpha value is -0.990. The largest absolute Gasteiger partial charge is 0.454 e. The van der Waals surface area contributed by atoms with E-state index >= 15 is 0 Å². The molecule has 7 heteroatoms. The van der Waals surface area contributed by atoms with E-state index in [1.807, 2.05) is 34.6 Å². The lowest BCUT2D eigenvalue weighted by Gasteiger charge is -2.70. The summed E-state index contributed by atoms with van der Waals surface area (Å²) < 4.78 is 17.7. The summed E-state index contributed by atoms with van der Waals surface area (Å²) in [6, 6.07) is 0. The minimum atomic E-state index is -1.26. The van der Waals surface area contributed by atoms with E-state index in [9.17, 15) is 20.1 Å². The molecule has 4 aliphatic rings. The fourth-order valence-electron chi connectivity index (χ4n) is 8.18. The summed E-state index contributed by atoms with van der Waals surface area (Å²) in [6.07, 6.45) is -1.99. The fourth-order valence-corrected chi connectivity index (χ4v) is 8.18. The Morgan fingerprint density at radius 3 is 2.31 bits per heavy atom. The minimum Gasteiger partial charge on any atom is -0.454 e. The number of aliphatic hydroxyl groups excluding tert-OH is 2. The highest BCUT2D eigenvalue weighted by Gasteiger charge is 2.74. The fraction of sp³-hybridized carbons (Fsp3) is 0.880. The van der Waals surface area contributed by atoms with Crippen LogP contribution in [-0.4, -0.2) is 70.6 Å². The van der Waals surface area contributed by atoms with Gasteiger partial charge in [0.1, 0.15) is 12.2 Å². The number of methoxy groups -OCH3 is 1. The van der Waals surface area contributed by atoms with Gasteiger partial charge in [-0.1, -0.05) is 34.6 Å². The quantitative estimate of drug-likeness (QED) is 0.436. The second-order valence-corrected chi connectivity index (χ2v) is 11.6. The van der Waals surface area contributed by atoms with Crippen molar-refractivity contribution in [2.45, 2.75) is 96.9 Å². The lowest BCUT2D eigenvalue weighted by molar-refractivity contribution is -0.351. The number of carbonyl (C=O) groups is 1. The number of rotatable bonds is 2. The molecule has 0 spiro atoms. The molecule has 7 nitrogen and oxygen atoms in total. The first-order valence-electron chi connectivity index (χ1n) is 11.8. The molecule has 1 aliphatic heterocycles. The third-order valence-corrected chi connectivity index (χ3v) is 10.1. The van der Waals surface area contributed by atoms with Crippen LogP contribution in [0.15, 0.2) is 11.1 Å². The monoisotopic (exact) mass is 452 g/mol. The van der Waals surface area contributed by atoms with Crippen LogP contribution in [0.4, 0.5) is 0 Å². The third kappa shape index (κ3) is 2.69. The molecular formula is C25H40O7. The highest BCUT2D eigenvalue weighted by molar-refractivity contribution is 5.67. The van der Waals surface area contributed by atoms with E-state index in [1.165, 1.54) is 6.92 Å². The molecule has 0 unspecified atom stereocenters. The van der Waals surface area contributed by atoms with Gasteiger partial charge in [-0.3, -0.25) is 4.79 Å². The van der Waals surface area contributed by atoms with Gasteiger partial charge in [0.25, 0.3) is 0 Å². The molecular weight excluding hydrogens is 412 g/mol. The zero-order chi connectivity index (χ0) is 24.0. The van der Waals surface area contributed by atoms with E-state index < -0.39 is 46.1 Å². The summed E-state index contributed by atoms with van der Waals surface area (Å²) in [6.45, 7) is 13.4. The van der Waals surface area contributed by atoms with E-state index in [1.54, 1.807) is 7.11 Å². The Morgan fingerprint density at radius 1 is 1.19 bits per heavy atom. The molecule has 182 valence electrons. The van der Waals surface area contributed by atoms with Crippen LogP contribution in [0.1, 0.15) is 61.3 Å². The van der Waals surface area contributed by atoms with Crippen LogP contribution in [0.5, 0.6) is 0 Å². The van der Waals surface area contributed by atoms with E-state index in [0.717, 1.165) is 5.57 Å². The lowest BCUT2D eigenvalue weighted by atomic mass is 9.41. The average molecular weight is 453 g/mol. The molecule has 0 radical (unpaired) electrons. The number of hydrogen-bond donors (Lipinski definition) is 3. The molecule has 32 heavy (non-hydrogen) atoms. The van der Waals surface area contributed by atoms with Crippen molar-refractivity contribution < 1.29 is 34.3 Å². The highest BCUT2D eigenvalue weighted by atomic mass is 16.6. The topological polar surface area (TPSA) is 105 Å². The lowest BCUT2D eigenvalue weighted by Crippen LogP contribution is -2.79. The first kappa shape index (κ1) is 24.1. The van der Waals surface area contributed by atoms with Crippen LogP contribution in [0.2, 0.25) is 0 Å². The minimum absolute atomic E-state index is 0.0294. The number of esters is 1. The number of hydrogen-bond acceptors (Lipinski definition) is 7. The van der Waals surface area contributed by atoms with Gasteiger partial charge in [-0.25, -0.2) is 0 Å². The van der Waals surface area contributed by atoms with Crippen LogP contribution in [0, 0.1) is 28.6 Å². The van der Waals surface area contributed by atoms with Crippen LogP contribution < -0.4 is 0 Å². The third-order valence-electron chi connectivity index (χ3n) is 10.1. The predicted molar refractivity (Wildman–Crippen MR) is 118 cm³/mol. The van der Waals surface area contributed by atoms with E-state index in [2.05, 4.69) is 6.92 Å². The van der Waals surface area contributed by atoms with Gasteiger partial charge in [0.2, 0.25) is 0 Å². The summed E-state index contributed by atoms with van der Waals surface area (Å²) in [7, 11) is 1.60. The van der Waals surface area contributed by atoms with Crippen molar-refractivity contribution in [3.8, 4) is 0 Å². The smallest absolute Gasteiger partial charge is 0.303 e. The molecule has 2 saturated carbocycles. The maximum absolute atomic E-state index is 12.5. The average Bonchev–Trinajstić information content (AvgIpc) is 2.70. The van der Waals surface area contributed by atoms with Gasteiger partial charge in [0.15, 0.2) is 5.60 Å². The van der Waals surface area contributed by atoms with Crippen molar-refractivity contribution in [2.75, 3.05) is 13.7 Å². The van der Waals surface area contributed by atoms with E-state index in [4.69, 9.17) is 14.2 Å². The normalized spacial score (nSPS) is 52.2. The Balaban J connectivity index is 2.01. The molecule has 2 bridgehead atoms. The number of fused-ring (bicyclic) bond motifs is 5. The number of carbonyl (C=O) groups excluding carboxylic acids is 1. The Kier molecular flexibility index (Phi) is 5.47. The molecule has 0 amide bonds. The second kappa shape index (κ2) is 7.25. The Labute approximate surface area is 191 Å². The molecule has 0 aromatic heterocycles. The first-order chi connectivity index (χ1) is 14.7. The molecule has 3 fully saturated rings. The number of aliphatic hydroxyl groups is 3. The van der Waals surface area contributed by atoms with E-state index in [-0.39, 0.29) is 30.7 Å². The van der Waals surface area contributed by atoms with Gasteiger partial charge in [-0.2, -0.15) is 0 Å². The molecule has 4 rings (SSSR count). The molecule has 10 atom stereocenters. The molecule has 0 aromatic rings.